The van der Waals surface area contributed by atoms with Gasteiger partial charge in [0.05, 0.1) is 4.92 Å². The van der Waals surface area contributed by atoms with Crippen LogP contribution in [0.2, 0.25) is 0 Å². The third kappa shape index (κ3) is 5.90. The van der Waals surface area contributed by atoms with Gasteiger partial charge in [-0.3, -0.25) is 10.1 Å². The number of nitro groups is 1. The number of hydrogen-bond acceptors (Lipinski definition) is 5. The second kappa shape index (κ2) is 7.02. The molecule has 22 heavy (non-hydrogen) atoms. The van der Waals surface area contributed by atoms with E-state index in [0.717, 1.165) is 0 Å². The van der Waals surface area contributed by atoms with Gasteiger partial charge in [0, 0.05) is 30.3 Å². The maximum atomic E-state index is 11.6. The Kier molecular flexibility index (Phi) is 5.62. The van der Waals surface area contributed by atoms with Crippen molar-refractivity contribution >= 4 is 17.5 Å². The molecule has 0 aromatic heterocycles. The number of carbonyl (C=O) groups is 1. The lowest BCUT2D eigenvalue weighted by Crippen LogP contribution is -2.38. The molecule has 0 saturated heterocycles. The molecule has 0 aliphatic heterocycles. The molecular formula is C15H21N3O4. The number of benzene rings is 1. The van der Waals surface area contributed by atoms with E-state index in [-0.39, 0.29) is 11.7 Å². The highest BCUT2D eigenvalue weighted by atomic mass is 16.6. The van der Waals surface area contributed by atoms with Crippen molar-refractivity contribution in [1.29, 1.82) is 5.41 Å². The summed E-state index contributed by atoms with van der Waals surface area (Å²) in [5.41, 5.74) is 0.286. The lowest BCUT2D eigenvalue weighted by molar-refractivity contribution is -0.384. The number of nitrogens with zero attached hydrogens (tertiary/aromatic N) is 1. The van der Waals surface area contributed by atoms with Crippen molar-refractivity contribution in [3.05, 3.63) is 39.9 Å². The number of rotatable bonds is 5. The third-order valence-electron chi connectivity index (χ3n) is 2.70. The fraction of sp³-hybridized carbons (Fsp3) is 0.467. The minimum absolute atomic E-state index is 0.0171. The van der Waals surface area contributed by atoms with Crippen LogP contribution in [-0.4, -0.2) is 28.4 Å². The molecule has 0 aliphatic carbocycles. The SMILES string of the molecule is CC(CC(=N)c1ccc([N+](=O)[O-])cc1)NC(=O)OC(C)(C)C. The van der Waals surface area contributed by atoms with Gasteiger partial charge < -0.3 is 15.5 Å². The highest BCUT2D eigenvalue weighted by Gasteiger charge is 2.18. The second-order valence-corrected chi connectivity index (χ2v) is 6.03. The number of nitro benzene ring substituents is 1. The summed E-state index contributed by atoms with van der Waals surface area (Å²) < 4.78 is 5.14. The van der Waals surface area contributed by atoms with E-state index in [1.54, 1.807) is 27.7 Å². The van der Waals surface area contributed by atoms with E-state index in [4.69, 9.17) is 10.1 Å². The quantitative estimate of drug-likeness (QED) is 0.494. The highest BCUT2D eigenvalue weighted by Crippen LogP contribution is 2.14. The van der Waals surface area contributed by atoms with Gasteiger partial charge in [-0.15, -0.1) is 0 Å². The van der Waals surface area contributed by atoms with Gasteiger partial charge in [-0.2, -0.15) is 0 Å². The molecule has 7 nitrogen and oxygen atoms in total. The van der Waals surface area contributed by atoms with E-state index in [1.807, 2.05) is 0 Å². The van der Waals surface area contributed by atoms with Gasteiger partial charge in [0.25, 0.3) is 5.69 Å². The molecule has 0 radical (unpaired) electrons. The van der Waals surface area contributed by atoms with E-state index in [9.17, 15) is 14.9 Å². The Labute approximate surface area is 129 Å². The minimum atomic E-state index is -0.574. The van der Waals surface area contributed by atoms with Crippen LogP contribution >= 0.6 is 0 Å². The Bertz CT molecular complexity index is 561. The predicted molar refractivity (Wildman–Crippen MR) is 83.4 cm³/mol. The third-order valence-corrected chi connectivity index (χ3v) is 2.70. The van der Waals surface area contributed by atoms with E-state index in [2.05, 4.69) is 5.32 Å². The Morgan fingerprint density at radius 2 is 1.91 bits per heavy atom. The number of carbonyl (C=O) groups excluding carboxylic acids is 1. The maximum Gasteiger partial charge on any atom is 0.407 e. The van der Waals surface area contributed by atoms with E-state index in [1.165, 1.54) is 24.3 Å². The molecule has 1 atom stereocenters. The number of ether oxygens (including phenoxy) is 1. The molecule has 1 aromatic rings. The first-order chi connectivity index (χ1) is 10.1. The average molecular weight is 307 g/mol. The van der Waals surface area contributed by atoms with Crippen molar-refractivity contribution in [2.24, 2.45) is 0 Å². The van der Waals surface area contributed by atoms with E-state index < -0.39 is 16.6 Å². The van der Waals surface area contributed by atoms with Crippen LogP contribution in [0.25, 0.3) is 0 Å². The summed E-state index contributed by atoms with van der Waals surface area (Å²) in [6.45, 7) is 7.09. The first-order valence-electron chi connectivity index (χ1n) is 6.90. The Balaban J connectivity index is 2.57. The molecule has 0 aliphatic rings. The van der Waals surface area contributed by atoms with Gasteiger partial charge in [0.1, 0.15) is 5.60 Å². The predicted octanol–water partition coefficient (Wildman–Crippen LogP) is 3.27. The zero-order chi connectivity index (χ0) is 16.9. The topological polar surface area (TPSA) is 105 Å². The molecule has 0 bridgehead atoms. The lowest BCUT2D eigenvalue weighted by Gasteiger charge is -2.22. The number of non-ortho nitro benzene ring substituents is 1. The van der Waals surface area contributed by atoms with Crippen molar-refractivity contribution in [3.63, 3.8) is 0 Å². The number of hydrogen-bond donors (Lipinski definition) is 2. The summed E-state index contributed by atoms with van der Waals surface area (Å²) in [6, 6.07) is 5.49. The Hall–Kier alpha value is -2.44. The molecule has 0 heterocycles. The lowest BCUT2D eigenvalue weighted by atomic mass is 10.0. The van der Waals surface area contributed by atoms with Crippen LogP contribution in [0, 0.1) is 15.5 Å². The van der Waals surface area contributed by atoms with Crippen molar-refractivity contribution in [3.8, 4) is 0 Å². The molecule has 2 N–H and O–H groups in total. The monoisotopic (exact) mass is 307 g/mol. The van der Waals surface area contributed by atoms with Crippen molar-refractivity contribution in [2.75, 3.05) is 0 Å². The highest BCUT2D eigenvalue weighted by molar-refractivity contribution is 5.98. The van der Waals surface area contributed by atoms with Gasteiger partial charge in [0.15, 0.2) is 0 Å². The van der Waals surface area contributed by atoms with Crippen molar-refractivity contribution in [2.45, 2.75) is 45.8 Å². The van der Waals surface area contributed by atoms with Gasteiger partial charge in [0.2, 0.25) is 0 Å². The zero-order valence-electron chi connectivity index (χ0n) is 13.2. The zero-order valence-corrected chi connectivity index (χ0v) is 13.2. The summed E-state index contributed by atoms with van der Waals surface area (Å²) in [5.74, 6) is 0. The summed E-state index contributed by atoms with van der Waals surface area (Å²) >= 11 is 0. The van der Waals surface area contributed by atoms with E-state index >= 15 is 0 Å². The molecule has 0 saturated carbocycles. The van der Waals surface area contributed by atoms with Crippen LogP contribution in [0.1, 0.15) is 39.7 Å². The molecule has 1 aromatic carbocycles. The number of alkyl carbamates (subject to hydrolysis) is 1. The fourth-order valence-corrected chi connectivity index (χ4v) is 1.77. The number of amides is 1. The van der Waals surface area contributed by atoms with Crippen LogP contribution < -0.4 is 5.32 Å². The van der Waals surface area contributed by atoms with Gasteiger partial charge in [-0.1, -0.05) is 0 Å². The van der Waals surface area contributed by atoms with Gasteiger partial charge in [-0.05, 0) is 45.4 Å². The first kappa shape index (κ1) is 17.6. The van der Waals surface area contributed by atoms with Crippen molar-refractivity contribution < 1.29 is 14.5 Å². The molecule has 1 amide bonds. The molecule has 0 fully saturated rings. The second-order valence-electron chi connectivity index (χ2n) is 6.03. The molecular weight excluding hydrogens is 286 g/mol. The standard InChI is InChI=1S/C15H21N3O4/c1-10(17-14(19)22-15(2,3)4)9-13(16)11-5-7-12(8-6-11)18(20)21/h5-8,10,16H,9H2,1-4H3,(H,17,19). The van der Waals surface area contributed by atoms with Crippen LogP contribution in [0.3, 0.4) is 0 Å². The van der Waals surface area contributed by atoms with Crippen LogP contribution in [0.15, 0.2) is 24.3 Å². The van der Waals surface area contributed by atoms with Gasteiger partial charge >= 0.3 is 6.09 Å². The van der Waals surface area contributed by atoms with Crippen LogP contribution in [-0.2, 0) is 4.74 Å². The largest absolute Gasteiger partial charge is 0.444 e. The summed E-state index contributed by atoms with van der Waals surface area (Å²) in [6.07, 6.45) is -0.228. The van der Waals surface area contributed by atoms with Crippen LogP contribution in [0.5, 0.6) is 0 Å². The summed E-state index contributed by atoms with van der Waals surface area (Å²) in [4.78, 5) is 21.7. The fourth-order valence-electron chi connectivity index (χ4n) is 1.77. The molecule has 1 unspecified atom stereocenters. The first-order valence-corrected chi connectivity index (χ1v) is 6.90. The summed E-state index contributed by atoms with van der Waals surface area (Å²) in [7, 11) is 0. The maximum absolute atomic E-state index is 11.6. The molecule has 0 spiro atoms. The normalized spacial score (nSPS) is 12.4. The Morgan fingerprint density at radius 3 is 2.36 bits per heavy atom. The minimum Gasteiger partial charge on any atom is -0.444 e. The van der Waals surface area contributed by atoms with Gasteiger partial charge in [-0.25, -0.2) is 4.79 Å². The average Bonchev–Trinajstić information content (AvgIpc) is 2.35. The molecule has 1 rings (SSSR count). The molecule has 120 valence electrons. The van der Waals surface area contributed by atoms with Crippen molar-refractivity contribution in [1.82, 2.24) is 5.32 Å². The van der Waals surface area contributed by atoms with E-state index in [0.29, 0.717) is 17.7 Å². The smallest absolute Gasteiger partial charge is 0.407 e. The van der Waals surface area contributed by atoms with Crippen LogP contribution in [0.4, 0.5) is 10.5 Å². The Morgan fingerprint density at radius 1 is 1.36 bits per heavy atom. The number of nitrogens with one attached hydrogen (secondary N) is 2. The summed E-state index contributed by atoms with van der Waals surface area (Å²) in [5, 5.41) is 21.2. The molecule has 7 heteroatoms.